The topological polar surface area (TPSA) is 49.4 Å². The molecule has 3 rings (SSSR count). The molecule has 22 heavy (non-hydrogen) atoms. The van der Waals surface area contributed by atoms with Gasteiger partial charge in [0.2, 0.25) is 0 Å². The van der Waals surface area contributed by atoms with Gasteiger partial charge in [0.15, 0.2) is 0 Å². The molecule has 2 aromatic rings. The molecular weight excluding hydrogens is 283 g/mol. The molecule has 4 nitrogen and oxygen atoms in total. The number of nitrogens with one attached hydrogen (secondary N) is 1. The van der Waals surface area contributed by atoms with Gasteiger partial charge in [-0.05, 0) is 42.8 Å². The minimum Gasteiger partial charge on any atom is -0.267 e. The lowest BCUT2D eigenvalue weighted by Gasteiger charge is -2.14. The number of nitrogens with zero attached hydrogens (tertiary/aromatic N) is 1. The maximum Gasteiger partial charge on any atom is 0.282 e. The van der Waals surface area contributed by atoms with Crippen LogP contribution >= 0.6 is 0 Å². The number of carbonyl (C=O) groups is 2. The molecule has 0 bridgehead atoms. The van der Waals surface area contributed by atoms with Crippen LogP contribution in [0.15, 0.2) is 54.1 Å². The van der Waals surface area contributed by atoms with Crippen molar-refractivity contribution in [3.05, 3.63) is 71.0 Å². The standard InChI is InChI=1S/C17H13FN2O2/c1-11-2-8-14(9-3-11)20-17(22)15(16(21)19-20)10-12-4-6-13(18)7-5-12/h2-10H,1H3,(H,19,21)/b15-10-. The van der Waals surface area contributed by atoms with Crippen molar-refractivity contribution in [2.75, 3.05) is 5.01 Å². The van der Waals surface area contributed by atoms with Gasteiger partial charge in [-0.25, -0.2) is 9.40 Å². The molecule has 1 fully saturated rings. The first-order valence-corrected chi connectivity index (χ1v) is 6.74. The molecule has 5 heteroatoms. The second-order valence-corrected chi connectivity index (χ2v) is 5.03. The molecule has 1 N–H and O–H groups in total. The van der Waals surface area contributed by atoms with Crippen LogP contribution in [-0.4, -0.2) is 11.8 Å². The fraction of sp³-hybridized carbons (Fsp3) is 0.0588. The summed E-state index contributed by atoms with van der Waals surface area (Å²) in [6, 6.07) is 12.8. The van der Waals surface area contributed by atoms with E-state index >= 15 is 0 Å². The number of amides is 2. The molecule has 0 aliphatic carbocycles. The van der Waals surface area contributed by atoms with Gasteiger partial charge >= 0.3 is 0 Å². The summed E-state index contributed by atoms with van der Waals surface area (Å²) in [7, 11) is 0. The molecule has 2 aromatic carbocycles. The molecule has 1 aliphatic heterocycles. The number of halogens is 1. The summed E-state index contributed by atoms with van der Waals surface area (Å²) < 4.78 is 12.9. The maximum atomic E-state index is 12.9. The number of rotatable bonds is 2. The Labute approximate surface area is 126 Å². The van der Waals surface area contributed by atoms with Gasteiger partial charge in [0.25, 0.3) is 11.8 Å². The average molecular weight is 296 g/mol. The number of carbonyl (C=O) groups excluding carboxylic acids is 2. The number of hydrazine groups is 1. The van der Waals surface area contributed by atoms with Crippen molar-refractivity contribution >= 4 is 23.6 Å². The summed E-state index contributed by atoms with van der Waals surface area (Å²) in [5, 5.41) is 1.21. The summed E-state index contributed by atoms with van der Waals surface area (Å²) in [5.41, 5.74) is 4.78. The van der Waals surface area contributed by atoms with E-state index in [0.717, 1.165) is 5.56 Å². The molecule has 1 aliphatic rings. The van der Waals surface area contributed by atoms with E-state index in [1.54, 1.807) is 12.1 Å². The Morgan fingerprint density at radius 2 is 1.64 bits per heavy atom. The molecule has 0 spiro atoms. The predicted octanol–water partition coefficient (Wildman–Crippen LogP) is 2.60. The zero-order chi connectivity index (χ0) is 15.7. The maximum absolute atomic E-state index is 12.9. The van der Waals surface area contributed by atoms with Crippen LogP contribution in [0, 0.1) is 12.7 Å². The number of hydrogen-bond donors (Lipinski definition) is 1. The largest absolute Gasteiger partial charge is 0.282 e. The quantitative estimate of drug-likeness (QED) is 0.684. The Morgan fingerprint density at radius 1 is 1.00 bits per heavy atom. The van der Waals surface area contributed by atoms with E-state index in [4.69, 9.17) is 0 Å². The molecule has 0 atom stereocenters. The Kier molecular flexibility index (Phi) is 3.47. The van der Waals surface area contributed by atoms with E-state index in [9.17, 15) is 14.0 Å². The minimum atomic E-state index is -0.477. The van der Waals surface area contributed by atoms with Gasteiger partial charge in [-0.2, -0.15) is 0 Å². The van der Waals surface area contributed by atoms with Gasteiger partial charge in [0, 0.05) is 0 Å². The lowest BCUT2D eigenvalue weighted by molar-refractivity contribution is -0.117. The molecule has 0 saturated carbocycles. The van der Waals surface area contributed by atoms with Gasteiger partial charge in [-0.15, -0.1) is 0 Å². The lowest BCUT2D eigenvalue weighted by atomic mass is 10.1. The van der Waals surface area contributed by atoms with Gasteiger partial charge in [0.1, 0.15) is 11.4 Å². The fourth-order valence-electron chi connectivity index (χ4n) is 2.16. The summed E-state index contributed by atoms with van der Waals surface area (Å²) in [6.45, 7) is 1.94. The Hall–Kier alpha value is -2.95. The predicted molar refractivity (Wildman–Crippen MR) is 81.2 cm³/mol. The first-order chi connectivity index (χ1) is 10.5. The zero-order valence-electron chi connectivity index (χ0n) is 11.8. The molecule has 110 valence electrons. The zero-order valence-corrected chi connectivity index (χ0v) is 11.8. The van der Waals surface area contributed by atoms with Crippen LogP contribution in [0.5, 0.6) is 0 Å². The van der Waals surface area contributed by atoms with E-state index in [2.05, 4.69) is 5.43 Å². The normalized spacial score (nSPS) is 16.3. The highest BCUT2D eigenvalue weighted by molar-refractivity contribution is 6.31. The number of aryl methyl sites for hydroxylation is 1. The molecule has 0 radical (unpaired) electrons. The molecule has 2 amide bonds. The SMILES string of the molecule is Cc1ccc(N2NC(=O)/C(=C/c3ccc(F)cc3)C2=O)cc1. The second kappa shape index (κ2) is 5.44. The van der Waals surface area contributed by atoms with E-state index in [0.29, 0.717) is 11.3 Å². The van der Waals surface area contributed by atoms with E-state index in [1.165, 1.54) is 35.4 Å². The molecule has 0 unspecified atom stereocenters. The van der Waals surface area contributed by atoms with Crippen molar-refractivity contribution in [3.63, 3.8) is 0 Å². The van der Waals surface area contributed by atoms with Gasteiger partial charge in [-0.3, -0.25) is 15.0 Å². The molecular formula is C17H13FN2O2. The van der Waals surface area contributed by atoms with Crippen LogP contribution in [0.1, 0.15) is 11.1 Å². The monoisotopic (exact) mass is 296 g/mol. The number of benzene rings is 2. The third-order valence-electron chi connectivity index (χ3n) is 3.36. The van der Waals surface area contributed by atoms with Crippen molar-refractivity contribution in [2.45, 2.75) is 6.92 Å². The van der Waals surface area contributed by atoms with Crippen LogP contribution < -0.4 is 10.4 Å². The Bertz CT molecular complexity index is 764. The lowest BCUT2D eigenvalue weighted by Crippen LogP contribution is -2.35. The van der Waals surface area contributed by atoms with Crippen molar-refractivity contribution < 1.29 is 14.0 Å². The molecule has 1 saturated heterocycles. The molecule has 1 heterocycles. The highest BCUT2D eigenvalue weighted by Gasteiger charge is 2.34. The molecule has 0 aromatic heterocycles. The summed E-state index contributed by atoms with van der Waals surface area (Å²) in [4.78, 5) is 24.4. The van der Waals surface area contributed by atoms with Crippen molar-refractivity contribution in [3.8, 4) is 0 Å². The van der Waals surface area contributed by atoms with Crippen molar-refractivity contribution in [1.82, 2.24) is 5.43 Å². The highest BCUT2D eigenvalue weighted by Crippen LogP contribution is 2.21. The third kappa shape index (κ3) is 2.61. The first kappa shape index (κ1) is 14.0. The van der Waals surface area contributed by atoms with E-state index in [-0.39, 0.29) is 11.4 Å². The van der Waals surface area contributed by atoms with Crippen LogP contribution in [0.25, 0.3) is 6.08 Å². The van der Waals surface area contributed by atoms with E-state index in [1.807, 2.05) is 19.1 Å². The van der Waals surface area contributed by atoms with Gasteiger partial charge in [-0.1, -0.05) is 29.8 Å². The third-order valence-corrected chi connectivity index (χ3v) is 3.36. The smallest absolute Gasteiger partial charge is 0.267 e. The minimum absolute atomic E-state index is 0.0205. The average Bonchev–Trinajstić information content (AvgIpc) is 2.78. The summed E-state index contributed by atoms with van der Waals surface area (Å²) in [6.07, 6.45) is 1.45. The van der Waals surface area contributed by atoms with Crippen LogP contribution in [-0.2, 0) is 9.59 Å². The van der Waals surface area contributed by atoms with Crippen molar-refractivity contribution in [1.29, 1.82) is 0 Å². The number of anilines is 1. The fourth-order valence-corrected chi connectivity index (χ4v) is 2.16. The van der Waals surface area contributed by atoms with Crippen LogP contribution in [0.2, 0.25) is 0 Å². The Balaban J connectivity index is 1.91. The van der Waals surface area contributed by atoms with Gasteiger partial charge in [0.05, 0.1) is 5.69 Å². The summed E-state index contributed by atoms with van der Waals surface area (Å²) >= 11 is 0. The Morgan fingerprint density at radius 3 is 2.27 bits per heavy atom. The van der Waals surface area contributed by atoms with E-state index < -0.39 is 11.8 Å². The van der Waals surface area contributed by atoms with Gasteiger partial charge < -0.3 is 0 Å². The van der Waals surface area contributed by atoms with Crippen LogP contribution in [0.3, 0.4) is 0 Å². The second-order valence-electron chi connectivity index (χ2n) is 5.03. The highest BCUT2D eigenvalue weighted by atomic mass is 19.1. The first-order valence-electron chi connectivity index (χ1n) is 6.74. The summed E-state index contributed by atoms with van der Waals surface area (Å²) in [5.74, 6) is -1.28. The van der Waals surface area contributed by atoms with Crippen LogP contribution in [0.4, 0.5) is 10.1 Å². The van der Waals surface area contributed by atoms with Crippen molar-refractivity contribution in [2.24, 2.45) is 0 Å². The number of hydrogen-bond acceptors (Lipinski definition) is 2.